The van der Waals surface area contributed by atoms with Crippen LogP contribution in [0.1, 0.15) is 82.8 Å². The van der Waals surface area contributed by atoms with E-state index in [1.165, 1.54) is 12.1 Å². The molecule has 2 atom stereocenters. The number of anilines is 1. The molecule has 50 heavy (non-hydrogen) atoms. The average Bonchev–Trinajstić information content (AvgIpc) is 3.88. The molecule has 0 saturated heterocycles. The van der Waals surface area contributed by atoms with Crippen LogP contribution in [0.2, 0.25) is 0 Å². The summed E-state index contributed by atoms with van der Waals surface area (Å²) >= 11 is 1.16. The first-order chi connectivity index (χ1) is 24.0. The van der Waals surface area contributed by atoms with Crippen molar-refractivity contribution >= 4 is 45.4 Å². The van der Waals surface area contributed by atoms with Crippen LogP contribution in [0.15, 0.2) is 52.7 Å². The minimum absolute atomic E-state index is 0.00746. The van der Waals surface area contributed by atoms with E-state index in [1.807, 2.05) is 39.0 Å². The van der Waals surface area contributed by atoms with Crippen LogP contribution >= 0.6 is 11.3 Å². The SMILES string of the molecule is CCN(CC(COCC(C)OC(=O)c1ccccc1C(=O)O[NH+]=C1CC1)COC(C)C)c1ccc(N=Nc2sc(C#N)c(C)c2C#N)c(C)c1. The first-order valence-corrected chi connectivity index (χ1v) is 17.4. The minimum atomic E-state index is -0.652. The number of benzene rings is 2. The predicted molar refractivity (Wildman–Crippen MR) is 189 cm³/mol. The molecule has 0 radical (unpaired) electrons. The lowest BCUT2D eigenvalue weighted by atomic mass is 10.1. The molecule has 0 amide bonds. The summed E-state index contributed by atoms with van der Waals surface area (Å²) < 4.78 is 17.7. The van der Waals surface area contributed by atoms with Gasteiger partial charge in [-0.05, 0) is 88.2 Å². The molecule has 0 bridgehead atoms. The van der Waals surface area contributed by atoms with Gasteiger partial charge in [-0.3, -0.25) is 0 Å². The lowest BCUT2D eigenvalue weighted by molar-refractivity contribution is -0.719. The molecule has 1 aliphatic carbocycles. The summed E-state index contributed by atoms with van der Waals surface area (Å²) in [5.74, 6) is -1.28. The van der Waals surface area contributed by atoms with E-state index in [9.17, 15) is 20.1 Å². The maximum atomic E-state index is 13.0. The number of ether oxygens (including phenoxy) is 3. The number of rotatable bonds is 17. The first kappa shape index (κ1) is 37.9. The number of aryl methyl sites for hydroxylation is 1. The molecule has 4 rings (SSSR count). The standard InChI is InChI=1S/C37H42N6O6S/c1-7-43(29-14-15-33(24(4)16-29)40-41-35-32(17-38)26(6)34(18-39)50-35)19-27(22-47-23(2)3)21-46-20-25(5)48-36(44)30-10-8-9-11-31(30)37(45)49-42-28-12-13-28/h8-11,14-16,23,25,27H,7,12-13,19-22H2,1-6H3/p+1. The van der Waals surface area contributed by atoms with Crippen molar-refractivity contribution in [2.75, 3.05) is 37.8 Å². The highest BCUT2D eigenvalue weighted by molar-refractivity contribution is 7.16. The zero-order chi connectivity index (χ0) is 36.2. The summed E-state index contributed by atoms with van der Waals surface area (Å²) in [4.78, 5) is 33.3. The van der Waals surface area contributed by atoms with Crippen molar-refractivity contribution < 1.29 is 33.8 Å². The normalized spacial score (nSPS) is 13.4. The zero-order valence-electron chi connectivity index (χ0n) is 29.3. The summed E-state index contributed by atoms with van der Waals surface area (Å²) in [6.07, 6.45) is 1.21. The minimum Gasteiger partial charge on any atom is -0.457 e. The highest BCUT2D eigenvalue weighted by Gasteiger charge is 2.26. The molecule has 0 spiro atoms. The van der Waals surface area contributed by atoms with Crippen molar-refractivity contribution in [3.8, 4) is 12.1 Å². The molecule has 2 unspecified atom stereocenters. The van der Waals surface area contributed by atoms with Gasteiger partial charge in [0.1, 0.15) is 23.1 Å². The van der Waals surface area contributed by atoms with Gasteiger partial charge in [0, 0.05) is 37.5 Å². The summed E-state index contributed by atoms with van der Waals surface area (Å²) in [6, 6.07) is 16.5. The van der Waals surface area contributed by atoms with E-state index in [-0.39, 0.29) is 29.8 Å². The van der Waals surface area contributed by atoms with Crippen LogP contribution in [-0.4, -0.2) is 62.8 Å². The number of nitrogens with one attached hydrogen (secondary N) is 1. The van der Waals surface area contributed by atoms with Crippen molar-refractivity contribution in [1.29, 1.82) is 10.5 Å². The van der Waals surface area contributed by atoms with Gasteiger partial charge in [0.15, 0.2) is 5.00 Å². The van der Waals surface area contributed by atoms with Gasteiger partial charge >= 0.3 is 11.9 Å². The second kappa shape index (κ2) is 18.2. The largest absolute Gasteiger partial charge is 0.457 e. The Labute approximate surface area is 296 Å². The fourth-order valence-electron chi connectivity index (χ4n) is 4.92. The highest BCUT2D eigenvalue weighted by atomic mass is 32.1. The van der Waals surface area contributed by atoms with Crippen molar-refractivity contribution in [1.82, 2.24) is 0 Å². The van der Waals surface area contributed by atoms with Crippen LogP contribution in [0.5, 0.6) is 0 Å². The molecule has 1 aromatic heterocycles. The molecule has 1 fully saturated rings. The molecule has 12 nitrogen and oxygen atoms in total. The number of hydrogen-bond acceptors (Lipinski definition) is 12. The fourth-order valence-corrected chi connectivity index (χ4v) is 5.80. The lowest BCUT2D eigenvalue weighted by Gasteiger charge is -2.29. The number of carbonyl (C=O) groups excluding carboxylic acids is 2. The lowest BCUT2D eigenvalue weighted by Crippen LogP contribution is -2.70. The number of nitrogens with zero attached hydrogens (tertiary/aromatic N) is 5. The Bertz CT molecular complexity index is 1820. The molecule has 3 aromatic rings. The van der Waals surface area contributed by atoms with E-state index < -0.39 is 18.0 Å². The van der Waals surface area contributed by atoms with Crippen molar-refractivity contribution in [3.63, 3.8) is 0 Å². The molecule has 2 aromatic carbocycles. The molecule has 13 heteroatoms. The Balaban J connectivity index is 1.36. The average molecular weight is 700 g/mol. The van der Waals surface area contributed by atoms with Gasteiger partial charge in [-0.15, -0.1) is 21.6 Å². The van der Waals surface area contributed by atoms with Crippen molar-refractivity contribution in [2.45, 2.75) is 66.6 Å². The molecular weight excluding hydrogens is 657 g/mol. The number of azo groups is 1. The molecular formula is C37H43N6O6S+. The van der Waals surface area contributed by atoms with Gasteiger partial charge in [-0.1, -0.05) is 12.1 Å². The Morgan fingerprint density at radius 2 is 1.70 bits per heavy atom. The van der Waals surface area contributed by atoms with Crippen LogP contribution in [0.4, 0.5) is 16.4 Å². The molecule has 262 valence electrons. The molecule has 1 saturated carbocycles. The van der Waals surface area contributed by atoms with Gasteiger partial charge in [0.05, 0.1) is 48.3 Å². The Morgan fingerprint density at radius 1 is 0.980 bits per heavy atom. The van der Waals surface area contributed by atoms with E-state index in [1.54, 1.807) is 26.0 Å². The third kappa shape index (κ3) is 10.5. The monoisotopic (exact) mass is 699 g/mol. The van der Waals surface area contributed by atoms with Crippen molar-refractivity contribution in [2.24, 2.45) is 16.1 Å². The predicted octanol–water partition coefficient (Wildman–Crippen LogP) is 6.04. The molecule has 1 N–H and O–H groups in total. The summed E-state index contributed by atoms with van der Waals surface area (Å²) in [5, 5.41) is 30.6. The summed E-state index contributed by atoms with van der Waals surface area (Å²) in [5.41, 5.74) is 4.75. The summed E-state index contributed by atoms with van der Waals surface area (Å²) in [6.45, 7) is 13.9. The van der Waals surface area contributed by atoms with Crippen LogP contribution in [0.25, 0.3) is 0 Å². The van der Waals surface area contributed by atoms with E-state index in [4.69, 9.17) is 19.0 Å². The molecule has 1 aliphatic rings. The van der Waals surface area contributed by atoms with Gasteiger partial charge in [-0.2, -0.15) is 15.4 Å². The van der Waals surface area contributed by atoms with Gasteiger partial charge in [0.2, 0.25) is 5.71 Å². The third-order valence-electron chi connectivity index (χ3n) is 7.83. The fraction of sp³-hybridized carbons (Fsp3) is 0.432. The number of thiophene rings is 1. The number of hydrogen-bond donors (Lipinski definition) is 1. The smallest absolute Gasteiger partial charge is 0.411 e. The second-order valence-electron chi connectivity index (χ2n) is 12.3. The van der Waals surface area contributed by atoms with E-state index in [2.05, 4.69) is 39.3 Å². The van der Waals surface area contributed by atoms with Crippen molar-refractivity contribution in [3.05, 3.63) is 75.2 Å². The number of carbonyl (C=O) groups is 2. The van der Waals surface area contributed by atoms with Gasteiger partial charge in [0.25, 0.3) is 0 Å². The Hall–Kier alpha value is -4.95. The molecule has 1 heterocycles. The van der Waals surface area contributed by atoms with Gasteiger partial charge in [-0.25, -0.2) is 9.59 Å². The van der Waals surface area contributed by atoms with Crippen LogP contribution in [0.3, 0.4) is 0 Å². The third-order valence-corrected chi connectivity index (χ3v) is 8.91. The molecule has 0 aliphatic heterocycles. The van der Waals surface area contributed by atoms with E-state index in [0.717, 1.165) is 47.7 Å². The highest BCUT2D eigenvalue weighted by Crippen LogP contribution is 2.36. The van der Waals surface area contributed by atoms with E-state index in [0.29, 0.717) is 46.5 Å². The van der Waals surface area contributed by atoms with Gasteiger partial charge < -0.3 is 19.1 Å². The number of esters is 1. The summed E-state index contributed by atoms with van der Waals surface area (Å²) in [7, 11) is 0. The van der Waals surface area contributed by atoms with Crippen LogP contribution < -0.4 is 10.1 Å². The maximum absolute atomic E-state index is 13.0. The van der Waals surface area contributed by atoms with E-state index >= 15 is 0 Å². The second-order valence-corrected chi connectivity index (χ2v) is 13.3. The first-order valence-electron chi connectivity index (χ1n) is 16.6. The number of nitriles is 2. The Morgan fingerprint density at radius 3 is 2.32 bits per heavy atom. The topological polar surface area (TPSA) is 161 Å². The Kier molecular flexibility index (Phi) is 13.8. The maximum Gasteiger partial charge on any atom is 0.411 e. The quantitative estimate of drug-likeness (QED) is 0.0767. The zero-order valence-corrected chi connectivity index (χ0v) is 30.1. The van der Waals surface area contributed by atoms with Crippen LogP contribution in [-0.2, 0) is 19.0 Å². The van der Waals surface area contributed by atoms with Crippen LogP contribution in [0, 0.1) is 42.4 Å².